The van der Waals surface area contributed by atoms with Crippen LogP contribution in [0.4, 0.5) is 0 Å². The zero-order valence-corrected chi connectivity index (χ0v) is 9.71. The summed E-state index contributed by atoms with van der Waals surface area (Å²) < 4.78 is 55.0. The summed E-state index contributed by atoms with van der Waals surface area (Å²) in [7, 11) is 0. The topological polar surface area (TPSA) is 21.7 Å². The third-order valence-corrected chi connectivity index (χ3v) is 2.41. The van der Waals surface area contributed by atoms with E-state index in [9.17, 15) is 0 Å². The molecule has 0 saturated carbocycles. The molecule has 2 rings (SSSR count). The number of rotatable bonds is 3. The minimum atomic E-state index is -2.68. The largest absolute Gasteiger partial charge is 0.454 e. The fourth-order valence-electron chi connectivity index (χ4n) is 1.50. The quantitative estimate of drug-likeness (QED) is 0.821. The molecule has 1 aromatic rings. The van der Waals surface area contributed by atoms with Gasteiger partial charge in [-0.15, -0.1) is 12.4 Å². The molecule has 3 nitrogen and oxygen atoms in total. The molecule has 1 aliphatic heterocycles. The molecule has 90 valence electrons. The van der Waals surface area contributed by atoms with E-state index in [1.54, 1.807) is 25.1 Å². The fraction of sp³-hybridized carbons (Fsp3) is 0.500. The number of nitrogens with zero attached hydrogens (tertiary/aromatic N) is 1. The second kappa shape index (κ2) is 5.41. The van der Waals surface area contributed by atoms with Crippen LogP contribution in [0.5, 0.6) is 11.5 Å². The van der Waals surface area contributed by atoms with E-state index in [1.807, 2.05) is 0 Å². The molecule has 1 aromatic carbocycles. The van der Waals surface area contributed by atoms with Gasteiger partial charge in [-0.2, -0.15) is 0 Å². The van der Waals surface area contributed by atoms with Crippen molar-refractivity contribution < 1.29 is 17.7 Å². The molecule has 1 unspecified atom stereocenters. The molecule has 0 fully saturated rings. The Morgan fingerprint density at radius 1 is 1.38 bits per heavy atom. The molecule has 0 aliphatic carbocycles. The van der Waals surface area contributed by atoms with Gasteiger partial charge in [-0.25, -0.2) is 0 Å². The van der Waals surface area contributed by atoms with Crippen LogP contribution < -0.4 is 9.47 Å². The van der Waals surface area contributed by atoms with Crippen molar-refractivity contribution in [2.45, 2.75) is 19.4 Å². The van der Waals surface area contributed by atoms with Crippen LogP contribution in [-0.2, 0) is 6.42 Å². The van der Waals surface area contributed by atoms with Crippen LogP contribution in [0.2, 0.25) is 0 Å². The highest BCUT2D eigenvalue weighted by atomic mass is 35.5. The third-order valence-electron chi connectivity index (χ3n) is 2.41. The number of hydrogen-bond acceptors (Lipinski definition) is 3. The van der Waals surface area contributed by atoms with Gasteiger partial charge in [0.1, 0.15) is 0 Å². The number of likely N-dealkylation sites (N-methyl/N-ethyl adjacent to an activating group) is 1. The number of hydrogen-bond donors (Lipinski definition) is 0. The number of fused-ring (bicyclic) bond motifs is 1. The molecule has 0 radical (unpaired) electrons. The average molecular weight is 250 g/mol. The van der Waals surface area contributed by atoms with Gasteiger partial charge in [0.15, 0.2) is 11.5 Å². The predicted molar refractivity (Wildman–Crippen MR) is 66.7 cm³/mol. The van der Waals surface area contributed by atoms with Gasteiger partial charge in [-0.3, -0.25) is 0 Å². The number of benzene rings is 1. The van der Waals surface area contributed by atoms with E-state index in [-0.39, 0.29) is 25.6 Å². The Bertz CT molecular complexity index is 505. The van der Waals surface area contributed by atoms with Crippen LogP contribution in [0, 0.1) is 0 Å². The Morgan fingerprint density at radius 2 is 2.12 bits per heavy atom. The SMILES string of the molecule is Cl.[2H]C([2H])([2H])N(C(C)Cc1ccc2c(c1)OCO2)C([2H])([2H])[2H]. The first-order valence-corrected chi connectivity index (χ1v) is 4.77. The second-order valence-electron chi connectivity index (χ2n) is 3.61. The molecule has 0 saturated heterocycles. The summed E-state index contributed by atoms with van der Waals surface area (Å²) >= 11 is 0. The molecule has 1 heterocycles. The lowest BCUT2D eigenvalue weighted by Gasteiger charge is -2.19. The van der Waals surface area contributed by atoms with Gasteiger partial charge in [0.25, 0.3) is 0 Å². The summed E-state index contributed by atoms with van der Waals surface area (Å²) in [4.78, 5) is 0.588. The van der Waals surface area contributed by atoms with Crippen LogP contribution in [0.15, 0.2) is 18.2 Å². The highest BCUT2D eigenvalue weighted by molar-refractivity contribution is 5.85. The average Bonchev–Trinajstić information content (AvgIpc) is 2.71. The highest BCUT2D eigenvalue weighted by Crippen LogP contribution is 2.32. The molecule has 0 spiro atoms. The van der Waals surface area contributed by atoms with E-state index in [4.69, 9.17) is 17.7 Å². The van der Waals surface area contributed by atoms with Crippen LogP contribution in [0.3, 0.4) is 0 Å². The lowest BCUT2D eigenvalue weighted by Crippen LogP contribution is -2.26. The highest BCUT2D eigenvalue weighted by Gasteiger charge is 2.14. The predicted octanol–water partition coefficient (Wildman–Crippen LogP) is 2.33. The molecule has 1 atom stereocenters. The van der Waals surface area contributed by atoms with Gasteiger partial charge >= 0.3 is 0 Å². The van der Waals surface area contributed by atoms with E-state index in [1.165, 1.54) is 0 Å². The van der Waals surface area contributed by atoms with Crippen LogP contribution >= 0.6 is 12.4 Å². The van der Waals surface area contributed by atoms with E-state index in [0.717, 1.165) is 5.56 Å². The molecule has 1 aliphatic rings. The summed E-state index contributed by atoms with van der Waals surface area (Å²) in [6, 6.07) is 4.59. The maximum absolute atomic E-state index is 7.42. The van der Waals surface area contributed by atoms with E-state index >= 15 is 0 Å². The van der Waals surface area contributed by atoms with Crippen molar-refractivity contribution in [3.63, 3.8) is 0 Å². The second-order valence-corrected chi connectivity index (χ2v) is 3.61. The fourth-order valence-corrected chi connectivity index (χ4v) is 1.50. The molecule has 0 amide bonds. The maximum Gasteiger partial charge on any atom is 0.231 e. The van der Waals surface area contributed by atoms with Crippen LogP contribution in [0.1, 0.15) is 20.7 Å². The van der Waals surface area contributed by atoms with Crippen molar-refractivity contribution in [3.05, 3.63) is 23.8 Å². The van der Waals surface area contributed by atoms with Gasteiger partial charge in [-0.05, 0) is 45.0 Å². The zero-order chi connectivity index (χ0) is 15.8. The van der Waals surface area contributed by atoms with Gasteiger partial charge in [-0.1, -0.05) is 6.07 Å². The van der Waals surface area contributed by atoms with Crippen molar-refractivity contribution >= 4 is 12.4 Å². The molecule has 16 heavy (non-hydrogen) atoms. The Morgan fingerprint density at radius 3 is 2.88 bits per heavy atom. The van der Waals surface area contributed by atoms with Crippen LogP contribution in [-0.4, -0.2) is 31.7 Å². The van der Waals surface area contributed by atoms with Crippen molar-refractivity contribution in [1.29, 1.82) is 0 Å². The Labute approximate surface area is 111 Å². The Hall–Kier alpha value is -0.930. The van der Waals surface area contributed by atoms with Gasteiger partial charge in [0, 0.05) is 14.3 Å². The molecular formula is C12H18ClNO2. The van der Waals surface area contributed by atoms with E-state index in [0.29, 0.717) is 16.4 Å². The van der Waals surface area contributed by atoms with Gasteiger partial charge in [0.2, 0.25) is 6.79 Å². The smallest absolute Gasteiger partial charge is 0.231 e. The van der Waals surface area contributed by atoms with Crippen molar-refractivity contribution in [1.82, 2.24) is 4.90 Å². The van der Waals surface area contributed by atoms with Gasteiger partial charge in [0.05, 0.1) is 0 Å². The standard InChI is InChI=1S/C12H17NO2.ClH/c1-9(13(2)3)6-10-4-5-11-12(7-10)15-8-14-11;/h4-5,7,9H,6,8H2,1-3H3;1H/i2D3,3D3;. The molecular weight excluding hydrogens is 226 g/mol. The van der Waals surface area contributed by atoms with E-state index in [2.05, 4.69) is 0 Å². The minimum Gasteiger partial charge on any atom is -0.454 e. The normalized spacial score (nSPS) is 21.9. The van der Waals surface area contributed by atoms with E-state index < -0.39 is 20.0 Å². The molecule has 0 aromatic heterocycles. The summed E-state index contributed by atoms with van der Waals surface area (Å²) in [5.41, 5.74) is 0.797. The van der Waals surface area contributed by atoms with Crippen LogP contribution in [0.25, 0.3) is 0 Å². The number of halogens is 1. The first-order chi connectivity index (χ1) is 9.59. The Kier molecular flexibility index (Phi) is 2.27. The summed E-state index contributed by atoms with van der Waals surface area (Å²) in [6.45, 7) is -3.61. The molecule has 4 heteroatoms. The first-order valence-electron chi connectivity index (χ1n) is 7.77. The van der Waals surface area contributed by atoms with Crippen molar-refractivity contribution in [2.24, 2.45) is 0 Å². The molecule has 0 bridgehead atoms. The summed E-state index contributed by atoms with van der Waals surface area (Å²) in [5, 5.41) is 0. The van der Waals surface area contributed by atoms with Crippen molar-refractivity contribution in [3.8, 4) is 11.5 Å². The summed E-state index contributed by atoms with van der Waals surface area (Å²) in [5.74, 6) is 1.23. The Balaban J connectivity index is 0.00000242. The maximum atomic E-state index is 7.42. The number of ether oxygens (including phenoxy) is 2. The lowest BCUT2D eigenvalue weighted by molar-refractivity contribution is 0.174. The zero-order valence-electron chi connectivity index (χ0n) is 14.9. The lowest BCUT2D eigenvalue weighted by atomic mass is 10.1. The van der Waals surface area contributed by atoms with Gasteiger partial charge < -0.3 is 14.4 Å². The summed E-state index contributed by atoms with van der Waals surface area (Å²) in [6.07, 6.45) is 0.285. The monoisotopic (exact) mass is 249 g/mol. The minimum absolute atomic E-state index is 0. The molecule has 0 N–H and O–H groups in total. The first kappa shape index (κ1) is 6.72. The third kappa shape index (κ3) is 2.80. The van der Waals surface area contributed by atoms with Crippen molar-refractivity contribution in [2.75, 3.05) is 20.7 Å².